The van der Waals surface area contributed by atoms with Gasteiger partial charge < -0.3 is 5.32 Å². The molecule has 0 saturated carbocycles. The highest BCUT2D eigenvalue weighted by Gasteiger charge is 2.16. The molecule has 1 aliphatic rings. The number of carbonyl (C=O) groups excluding carboxylic acids is 1. The van der Waals surface area contributed by atoms with Crippen LogP contribution in [0.3, 0.4) is 0 Å². The van der Waals surface area contributed by atoms with E-state index in [1.807, 2.05) is 23.6 Å². The zero-order chi connectivity index (χ0) is 30.3. The predicted octanol–water partition coefficient (Wildman–Crippen LogP) is 9.48. The van der Waals surface area contributed by atoms with Crippen LogP contribution in [0.1, 0.15) is 38.2 Å². The second-order valence-electron chi connectivity index (χ2n) is 7.97. The van der Waals surface area contributed by atoms with Gasteiger partial charge in [0.25, 0.3) is 5.91 Å². The number of aliphatic imine (C=N–C) groups is 1. The predicted molar refractivity (Wildman–Crippen MR) is 168 cm³/mol. The molecule has 0 unspecified atom stereocenters. The van der Waals surface area contributed by atoms with Crippen LogP contribution in [0.25, 0.3) is 0 Å². The molecular formula is C28H25Cl3F2N3O2PS2. The Balaban J connectivity index is 0.000000229. The fourth-order valence-electron chi connectivity index (χ4n) is 3.47. The summed E-state index contributed by atoms with van der Waals surface area (Å²) in [6.07, 6.45) is 1.81. The van der Waals surface area contributed by atoms with Crippen molar-refractivity contribution in [3.8, 4) is 6.07 Å². The van der Waals surface area contributed by atoms with E-state index >= 15 is 0 Å². The standard InChI is InChI=1S/C13H12FNOS.C13H10FNS.C2H3N.Cl3OP/c14-11-4-1-3-10(9-11)13(16)15-7-6-12-5-2-8-17-12;14-10-3-1-2-9(8-10)13-11-5-7-16-12(11)4-6-15-13;1-2-3;1-5(2,3)4/h1-5,8-9H,6-7H2,(H,15,16);1-3,5,7-8H,4,6H2;1H3;. The molecule has 1 aliphatic heterocycles. The lowest BCUT2D eigenvalue weighted by Crippen LogP contribution is -2.25. The molecule has 0 saturated heterocycles. The van der Waals surface area contributed by atoms with Crippen molar-refractivity contribution >= 4 is 73.2 Å². The highest BCUT2D eigenvalue weighted by Crippen LogP contribution is 2.61. The van der Waals surface area contributed by atoms with Gasteiger partial charge in [-0.2, -0.15) is 5.26 Å². The van der Waals surface area contributed by atoms with Crippen molar-refractivity contribution in [2.24, 2.45) is 4.99 Å². The van der Waals surface area contributed by atoms with Crippen LogP contribution in [-0.2, 0) is 17.4 Å². The summed E-state index contributed by atoms with van der Waals surface area (Å²) in [7, 11) is 0. The Morgan fingerprint density at radius 1 is 1.02 bits per heavy atom. The number of hydrogen-bond acceptors (Lipinski definition) is 6. The van der Waals surface area contributed by atoms with E-state index in [9.17, 15) is 18.1 Å². The minimum Gasteiger partial charge on any atom is -0.352 e. The van der Waals surface area contributed by atoms with Gasteiger partial charge in [0, 0.05) is 52.9 Å². The van der Waals surface area contributed by atoms with Gasteiger partial charge in [-0.3, -0.25) is 14.4 Å². The zero-order valence-electron chi connectivity index (χ0n) is 21.7. The van der Waals surface area contributed by atoms with Crippen molar-refractivity contribution in [1.82, 2.24) is 5.32 Å². The summed E-state index contributed by atoms with van der Waals surface area (Å²) in [5, 5.41) is 10.9. The van der Waals surface area contributed by atoms with Gasteiger partial charge in [0.2, 0.25) is 0 Å². The second-order valence-corrected chi connectivity index (χ2v) is 16.6. The second kappa shape index (κ2) is 18.1. The topological polar surface area (TPSA) is 82.3 Å². The molecular weight excluding hydrogens is 650 g/mol. The molecule has 0 fully saturated rings. The summed E-state index contributed by atoms with van der Waals surface area (Å²) in [6.45, 7) is 2.80. The van der Waals surface area contributed by atoms with Crippen LogP contribution in [0.2, 0.25) is 0 Å². The molecule has 1 amide bonds. The van der Waals surface area contributed by atoms with Gasteiger partial charge in [0.1, 0.15) is 11.6 Å². The average Bonchev–Trinajstić information content (AvgIpc) is 3.61. The first-order valence-corrected chi connectivity index (χ1v) is 18.1. The normalized spacial score (nSPS) is 11.5. The maximum absolute atomic E-state index is 13.2. The van der Waals surface area contributed by atoms with E-state index in [4.69, 9.17) is 5.26 Å². The van der Waals surface area contributed by atoms with Crippen molar-refractivity contribution in [3.05, 3.63) is 116 Å². The van der Waals surface area contributed by atoms with E-state index in [0.29, 0.717) is 12.1 Å². The molecule has 13 heteroatoms. The summed E-state index contributed by atoms with van der Waals surface area (Å²) in [6, 6.07) is 20.2. The van der Waals surface area contributed by atoms with E-state index < -0.39 is 11.0 Å². The Hall–Kier alpha value is -2.57. The summed E-state index contributed by atoms with van der Waals surface area (Å²) >= 11 is 17.3. The molecule has 41 heavy (non-hydrogen) atoms. The van der Waals surface area contributed by atoms with E-state index in [0.717, 1.165) is 30.7 Å². The third-order valence-electron chi connectivity index (χ3n) is 5.03. The smallest absolute Gasteiger partial charge is 0.339 e. The van der Waals surface area contributed by atoms with Crippen LogP contribution in [-0.4, -0.2) is 24.7 Å². The molecule has 0 radical (unpaired) electrons. The van der Waals surface area contributed by atoms with E-state index in [1.165, 1.54) is 46.5 Å². The van der Waals surface area contributed by atoms with E-state index in [-0.39, 0.29) is 11.7 Å². The number of nitriles is 1. The molecule has 3 heterocycles. The lowest BCUT2D eigenvalue weighted by molar-refractivity contribution is 0.0953. The molecule has 5 nitrogen and oxygen atoms in total. The quantitative estimate of drug-likeness (QED) is 0.214. The highest BCUT2D eigenvalue weighted by molar-refractivity contribution is 8.24. The number of rotatable bonds is 5. The van der Waals surface area contributed by atoms with Crippen molar-refractivity contribution in [2.45, 2.75) is 19.8 Å². The maximum Gasteiger partial charge on any atom is 0.339 e. The van der Waals surface area contributed by atoms with E-state index in [1.54, 1.807) is 46.9 Å². The monoisotopic (exact) mass is 673 g/mol. The van der Waals surface area contributed by atoms with Crippen LogP contribution >= 0.6 is 61.6 Å². The first-order valence-electron chi connectivity index (χ1n) is 11.9. The summed E-state index contributed by atoms with van der Waals surface area (Å²) < 4.78 is 35.6. The number of nitrogens with one attached hydrogen (secondary N) is 1. The maximum atomic E-state index is 13.2. The van der Waals surface area contributed by atoms with Crippen LogP contribution in [0.5, 0.6) is 0 Å². The molecule has 2 aromatic heterocycles. The van der Waals surface area contributed by atoms with Gasteiger partial charge in [-0.25, -0.2) is 8.78 Å². The minimum absolute atomic E-state index is 0.206. The molecule has 0 aliphatic carbocycles. The molecule has 4 aromatic rings. The largest absolute Gasteiger partial charge is 0.352 e. The SMILES string of the molecule is CC#N.Fc1cccc(C2=NCCc3sccc32)c1.O=C(NCCc1cccs1)c1cccc(F)c1.O=P(Cl)(Cl)Cl. The fourth-order valence-corrected chi connectivity index (χ4v) is 5.05. The van der Waals surface area contributed by atoms with Gasteiger partial charge in [-0.05, 0) is 93.4 Å². The first-order chi connectivity index (χ1) is 19.5. The van der Waals surface area contributed by atoms with Gasteiger partial charge >= 0.3 is 5.20 Å². The third kappa shape index (κ3) is 13.8. The molecule has 5 rings (SSSR count). The number of amides is 1. The van der Waals surface area contributed by atoms with Crippen LogP contribution in [0.4, 0.5) is 8.78 Å². The number of carbonyl (C=O) groups is 1. The Morgan fingerprint density at radius 2 is 1.68 bits per heavy atom. The summed E-state index contributed by atoms with van der Waals surface area (Å²) in [4.78, 5) is 18.7. The number of halogens is 5. The van der Waals surface area contributed by atoms with Gasteiger partial charge in [-0.1, -0.05) is 24.3 Å². The summed E-state index contributed by atoms with van der Waals surface area (Å²) in [5.74, 6) is -0.834. The molecule has 0 spiro atoms. The van der Waals surface area contributed by atoms with Crippen LogP contribution < -0.4 is 5.32 Å². The first kappa shape index (κ1) is 34.6. The van der Waals surface area contributed by atoms with Crippen LogP contribution in [0.15, 0.2) is 82.5 Å². The van der Waals surface area contributed by atoms with Gasteiger partial charge in [0.05, 0.1) is 11.8 Å². The Labute approximate surface area is 260 Å². The number of fused-ring (bicyclic) bond motifs is 1. The average molecular weight is 675 g/mol. The Kier molecular flexibility index (Phi) is 15.3. The van der Waals surface area contributed by atoms with E-state index in [2.05, 4.69) is 55.5 Å². The molecule has 1 N–H and O–H groups in total. The third-order valence-corrected chi connectivity index (χ3v) is 6.95. The summed E-state index contributed by atoms with van der Waals surface area (Å²) in [5.41, 5.74) is 3.33. The van der Waals surface area contributed by atoms with Crippen molar-refractivity contribution in [1.29, 1.82) is 5.26 Å². The number of nitrogens with zero attached hydrogens (tertiary/aromatic N) is 2. The zero-order valence-corrected chi connectivity index (χ0v) is 26.5. The van der Waals surface area contributed by atoms with Gasteiger partial charge in [0.15, 0.2) is 0 Å². The Morgan fingerprint density at radius 3 is 2.29 bits per heavy atom. The lowest BCUT2D eigenvalue weighted by atomic mass is 10.00. The van der Waals surface area contributed by atoms with Crippen molar-refractivity contribution < 1.29 is 18.1 Å². The molecule has 0 bridgehead atoms. The number of hydrogen-bond donors (Lipinski definition) is 1. The van der Waals surface area contributed by atoms with Crippen molar-refractivity contribution in [3.63, 3.8) is 0 Å². The Bertz CT molecular complexity index is 1510. The molecule has 2 aromatic carbocycles. The lowest BCUT2D eigenvalue weighted by Gasteiger charge is -2.13. The molecule has 0 atom stereocenters. The fraction of sp³-hybridized carbons (Fsp3) is 0.179. The van der Waals surface area contributed by atoms with Crippen molar-refractivity contribution in [2.75, 3.05) is 13.1 Å². The number of benzene rings is 2. The number of thiophene rings is 2. The van der Waals surface area contributed by atoms with Gasteiger partial charge in [-0.15, -0.1) is 22.7 Å². The minimum atomic E-state index is -3.22. The van der Waals surface area contributed by atoms with Crippen LogP contribution in [0, 0.1) is 23.0 Å². The molecule has 216 valence electrons. The highest BCUT2D eigenvalue weighted by atomic mass is 36.0.